The monoisotopic (exact) mass is 373 g/mol. The lowest BCUT2D eigenvalue weighted by Gasteiger charge is -2.12. The molecule has 0 spiro atoms. The second kappa shape index (κ2) is 7.85. The third-order valence-electron chi connectivity index (χ3n) is 2.98. The molecule has 8 heteroatoms. The van der Waals surface area contributed by atoms with Crippen molar-refractivity contribution < 1.29 is 22.2 Å². The second-order valence-electron chi connectivity index (χ2n) is 4.83. The summed E-state index contributed by atoms with van der Waals surface area (Å²) in [6, 6.07) is 12.5. The molecule has 1 atom stereocenters. The van der Waals surface area contributed by atoms with Crippen molar-refractivity contribution >= 4 is 34.2 Å². The molecule has 2 aromatic carbocycles. The van der Waals surface area contributed by atoms with Crippen LogP contribution < -0.4 is 5.32 Å². The van der Waals surface area contributed by atoms with E-state index in [9.17, 15) is 22.2 Å². The second-order valence-corrected chi connectivity index (χ2v) is 7.23. The fourth-order valence-corrected chi connectivity index (χ4v) is 3.14. The molecule has 0 radical (unpaired) electrons. The molecule has 0 heterocycles. The number of thioether (sulfide) groups is 1. The zero-order valence-corrected chi connectivity index (χ0v) is 14.2. The largest absolute Gasteiger partial charge is 0.398 e. The van der Waals surface area contributed by atoms with Gasteiger partial charge < -0.3 is 5.32 Å². The van der Waals surface area contributed by atoms with Crippen molar-refractivity contribution in [3.8, 4) is 0 Å². The first kappa shape index (κ1) is 18.5. The number of carbonyl (C=O) groups is 1. The van der Waals surface area contributed by atoms with Crippen LogP contribution in [-0.2, 0) is 10.8 Å². The summed E-state index contributed by atoms with van der Waals surface area (Å²) >= 11 is 0.618. The quantitative estimate of drug-likeness (QED) is 0.794. The first-order valence-electron chi connectivity index (χ1n) is 6.80. The molecule has 0 aliphatic rings. The number of alkyl halides is 3. The highest BCUT2D eigenvalue weighted by Crippen LogP contribution is 2.32. The van der Waals surface area contributed by atoms with Gasteiger partial charge >= 0.3 is 6.18 Å². The van der Waals surface area contributed by atoms with Gasteiger partial charge in [0.1, 0.15) is 0 Å². The third kappa shape index (κ3) is 5.38. The number of nitrogens with one attached hydrogen (secondary N) is 1. The molecule has 1 unspecified atom stereocenters. The third-order valence-corrected chi connectivity index (χ3v) is 5.05. The Labute approximate surface area is 144 Å². The molecule has 0 bridgehead atoms. The smallest absolute Gasteiger partial charge is 0.321 e. The molecule has 128 valence electrons. The van der Waals surface area contributed by atoms with E-state index in [4.69, 9.17) is 0 Å². The van der Waals surface area contributed by atoms with Crippen LogP contribution in [0.1, 0.15) is 10.4 Å². The summed E-state index contributed by atoms with van der Waals surface area (Å²) in [5.41, 5.74) is 0.653. The van der Waals surface area contributed by atoms with Crippen molar-refractivity contribution in [2.45, 2.75) is 16.0 Å². The molecule has 2 aromatic rings. The molecule has 3 nitrogen and oxygen atoms in total. The Bertz CT molecular complexity index is 746. The molecule has 1 N–H and O–H groups in total. The normalized spacial score (nSPS) is 12.7. The van der Waals surface area contributed by atoms with E-state index in [2.05, 4.69) is 5.32 Å². The average Bonchev–Trinajstić information content (AvgIpc) is 2.53. The summed E-state index contributed by atoms with van der Waals surface area (Å²) in [5, 5.41) is 2.61. The van der Waals surface area contributed by atoms with Crippen LogP contribution in [0.3, 0.4) is 0 Å². The number of hydrogen-bond acceptors (Lipinski definition) is 3. The van der Waals surface area contributed by atoms with Gasteiger partial charge in [0, 0.05) is 32.4 Å². The van der Waals surface area contributed by atoms with E-state index in [0.717, 1.165) is 0 Å². The Morgan fingerprint density at radius 3 is 2.33 bits per heavy atom. The van der Waals surface area contributed by atoms with Gasteiger partial charge in [-0.3, -0.25) is 9.00 Å². The van der Waals surface area contributed by atoms with E-state index in [-0.39, 0.29) is 0 Å². The molecule has 0 aliphatic heterocycles. The van der Waals surface area contributed by atoms with Crippen molar-refractivity contribution in [2.24, 2.45) is 0 Å². The van der Waals surface area contributed by atoms with Gasteiger partial charge in [0.25, 0.3) is 5.91 Å². The Balaban J connectivity index is 2.12. The zero-order chi connectivity index (χ0) is 17.7. The summed E-state index contributed by atoms with van der Waals surface area (Å²) in [6.07, 6.45) is -2.75. The van der Waals surface area contributed by atoms with Crippen molar-refractivity contribution in [2.75, 3.05) is 17.3 Å². The molecule has 0 fully saturated rings. The highest BCUT2D eigenvalue weighted by molar-refractivity contribution is 7.99. The van der Waals surface area contributed by atoms with Gasteiger partial charge in [-0.1, -0.05) is 12.1 Å². The molecule has 0 aromatic heterocycles. The average molecular weight is 373 g/mol. The molecule has 1 amide bonds. The van der Waals surface area contributed by atoms with Crippen LogP contribution in [0.5, 0.6) is 0 Å². The van der Waals surface area contributed by atoms with E-state index in [1.54, 1.807) is 30.3 Å². The van der Waals surface area contributed by atoms with Crippen molar-refractivity contribution in [3.05, 3.63) is 54.1 Å². The number of amides is 1. The van der Waals surface area contributed by atoms with Crippen LogP contribution in [0.4, 0.5) is 18.9 Å². The van der Waals surface area contributed by atoms with Crippen LogP contribution >= 0.6 is 11.8 Å². The van der Waals surface area contributed by atoms with E-state index >= 15 is 0 Å². The van der Waals surface area contributed by atoms with Gasteiger partial charge in [-0.25, -0.2) is 0 Å². The van der Waals surface area contributed by atoms with Crippen molar-refractivity contribution in [1.29, 1.82) is 0 Å². The Morgan fingerprint density at radius 2 is 1.75 bits per heavy atom. The highest BCUT2D eigenvalue weighted by atomic mass is 32.2. The summed E-state index contributed by atoms with van der Waals surface area (Å²) in [5.74, 6) is -1.47. The van der Waals surface area contributed by atoms with Gasteiger partial charge in [-0.15, -0.1) is 11.8 Å². The molecule has 0 saturated heterocycles. The number of halogens is 3. The minimum atomic E-state index is -4.28. The van der Waals surface area contributed by atoms with Crippen molar-refractivity contribution in [1.82, 2.24) is 0 Å². The summed E-state index contributed by atoms with van der Waals surface area (Å²) in [4.78, 5) is 13.2. The number of benzene rings is 2. The predicted octanol–water partition coefficient (Wildman–Crippen LogP) is 4.33. The lowest BCUT2D eigenvalue weighted by atomic mass is 10.2. The summed E-state index contributed by atoms with van der Waals surface area (Å²) < 4.78 is 48.4. The lowest BCUT2D eigenvalue weighted by molar-refractivity contribution is -0.105. The van der Waals surface area contributed by atoms with E-state index in [0.29, 0.717) is 32.8 Å². The van der Waals surface area contributed by atoms with Gasteiger partial charge in [-0.2, -0.15) is 13.2 Å². The maximum absolute atomic E-state index is 12.4. The van der Waals surface area contributed by atoms with Crippen LogP contribution in [-0.4, -0.2) is 28.3 Å². The number of anilines is 1. The summed E-state index contributed by atoms with van der Waals surface area (Å²) in [7, 11) is -1.14. The minimum Gasteiger partial charge on any atom is -0.321 e. The topological polar surface area (TPSA) is 46.2 Å². The standard InChI is InChI=1S/C16H14F3NO2S2/c1-24(22)12-8-6-11(7-9-12)15(21)20-13-4-2-3-5-14(13)23-10-16(17,18)19/h2-9H,10H2,1H3,(H,20,21). The molecule has 0 saturated carbocycles. The van der Waals surface area contributed by atoms with Crippen LogP contribution in [0.2, 0.25) is 0 Å². The van der Waals surface area contributed by atoms with Crippen molar-refractivity contribution in [3.63, 3.8) is 0 Å². The molecular weight excluding hydrogens is 359 g/mol. The number of carbonyl (C=O) groups excluding carboxylic acids is 1. The van der Waals surface area contributed by atoms with Gasteiger partial charge in [0.05, 0.1) is 11.4 Å². The van der Waals surface area contributed by atoms with Gasteiger partial charge in [-0.05, 0) is 36.4 Å². The van der Waals surface area contributed by atoms with Gasteiger partial charge in [0.15, 0.2) is 0 Å². The fraction of sp³-hybridized carbons (Fsp3) is 0.188. The fourth-order valence-electron chi connectivity index (χ4n) is 1.85. The minimum absolute atomic E-state index is 0.319. The number of para-hydroxylation sites is 1. The van der Waals surface area contributed by atoms with Crippen LogP contribution in [0, 0.1) is 0 Å². The number of rotatable bonds is 5. The van der Waals surface area contributed by atoms with E-state index in [1.807, 2.05) is 0 Å². The molecular formula is C16H14F3NO2S2. The molecule has 2 rings (SSSR count). The van der Waals surface area contributed by atoms with E-state index < -0.39 is 28.6 Å². The molecule has 24 heavy (non-hydrogen) atoms. The van der Waals surface area contributed by atoms with Crippen LogP contribution in [0.15, 0.2) is 58.3 Å². The maximum Gasteiger partial charge on any atom is 0.398 e. The highest BCUT2D eigenvalue weighted by Gasteiger charge is 2.27. The Morgan fingerprint density at radius 1 is 1.12 bits per heavy atom. The lowest BCUT2D eigenvalue weighted by Crippen LogP contribution is -2.14. The number of hydrogen-bond donors (Lipinski definition) is 1. The summed E-state index contributed by atoms with van der Waals surface area (Å²) in [6.45, 7) is 0. The predicted molar refractivity (Wildman–Crippen MR) is 89.9 cm³/mol. The first-order chi connectivity index (χ1) is 11.3. The SMILES string of the molecule is CS(=O)c1ccc(C(=O)Nc2ccccc2SCC(F)(F)F)cc1. The Kier molecular flexibility index (Phi) is 6.06. The Hall–Kier alpha value is -1.80. The zero-order valence-electron chi connectivity index (χ0n) is 12.6. The van der Waals surface area contributed by atoms with E-state index in [1.165, 1.54) is 24.5 Å². The maximum atomic E-state index is 12.4. The van der Waals surface area contributed by atoms with Crippen LogP contribution in [0.25, 0.3) is 0 Å². The molecule has 0 aliphatic carbocycles. The first-order valence-corrected chi connectivity index (χ1v) is 9.34. The van der Waals surface area contributed by atoms with Gasteiger partial charge in [0.2, 0.25) is 0 Å².